The molecule has 5 nitrogen and oxygen atoms in total. The number of fused-ring (bicyclic) bond motifs is 1. The summed E-state index contributed by atoms with van der Waals surface area (Å²) in [6.07, 6.45) is -0.485. The van der Waals surface area contributed by atoms with Gasteiger partial charge in [0.25, 0.3) is 5.56 Å². The molecular formula is C18H26N2O3. The van der Waals surface area contributed by atoms with Crippen LogP contribution in [0.1, 0.15) is 30.5 Å². The van der Waals surface area contributed by atoms with E-state index in [9.17, 15) is 9.90 Å². The van der Waals surface area contributed by atoms with Crippen molar-refractivity contribution < 1.29 is 9.84 Å². The first-order valence-corrected chi connectivity index (χ1v) is 8.00. The Hall–Kier alpha value is -1.69. The summed E-state index contributed by atoms with van der Waals surface area (Å²) in [5.41, 5.74) is 3.69. The zero-order chi connectivity index (χ0) is 17.0. The third-order valence-electron chi connectivity index (χ3n) is 3.69. The van der Waals surface area contributed by atoms with E-state index in [1.807, 2.05) is 33.8 Å². The molecule has 126 valence electrons. The number of hydrogen-bond acceptors (Lipinski definition) is 4. The van der Waals surface area contributed by atoms with Gasteiger partial charge in [-0.1, -0.05) is 11.6 Å². The van der Waals surface area contributed by atoms with E-state index < -0.39 is 6.10 Å². The van der Waals surface area contributed by atoms with Crippen molar-refractivity contribution in [1.82, 2.24) is 10.3 Å². The molecule has 0 radical (unpaired) electrons. The fourth-order valence-electron chi connectivity index (χ4n) is 2.60. The lowest BCUT2D eigenvalue weighted by Gasteiger charge is -2.14. The highest BCUT2D eigenvalue weighted by Gasteiger charge is 2.08. The van der Waals surface area contributed by atoms with E-state index in [1.54, 1.807) is 0 Å². The molecule has 1 aromatic heterocycles. The molecule has 1 aromatic carbocycles. The van der Waals surface area contributed by atoms with E-state index in [-0.39, 0.29) is 18.3 Å². The molecule has 2 aromatic rings. The van der Waals surface area contributed by atoms with Gasteiger partial charge in [0.1, 0.15) is 0 Å². The van der Waals surface area contributed by atoms with Crippen molar-refractivity contribution in [2.75, 3.05) is 13.2 Å². The van der Waals surface area contributed by atoms with Crippen LogP contribution in [0.5, 0.6) is 0 Å². The van der Waals surface area contributed by atoms with E-state index >= 15 is 0 Å². The molecule has 1 heterocycles. The highest BCUT2D eigenvalue weighted by Crippen LogP contribution is 2.17. The summed E-state index contributed by atoms with van der Waals surface area (Å²) in [6.45, 7) is 8.98. The van der Waals surface area contributed by atoms with Crippen LogP contribution >= 0.6 is 0 Å². The smallest absolute Gasteiger partial charge is 0.252 e. The molecule has 0 aliphatic heterocycles. The Kier molecular flexibility index (Phi) is 5.93. The number of pyridine rings is 1. The van der Waals surface area contributed by atoms with Crippen LogP contribution in [0.2, 0.25) is 0 Å². The van der Waals surface area contributed by atoms with Crippen LogP contribution in [0, 0.1) is 13.8 Å². The number of hydrogen-bond donors (Lipinski definition) is 3. The maximum Gasteiger partial charge on any atom is 0.252 e. The average molecular weight is 318 g/mol. The fourth-order valence-corrected chi connectivity index (χ4v) is 2.60. The molecule has 0 bridgehead atoms. The third kappa shape index (κ3) is 4.89. The van der Waals surface area contributed by atoms with Crippen molar-refractivity contribution in [3.8, 4) is 0 Å². The molecule has 0 aliphatic carbocycles. The normalized spacial score (nSPS) is 13.0. The monoisotopic (exact) mass is 318 g/mol. The number of aromatic nitrogens is 1. The lowest BCUT2D eigenvalue weighted by Crippen LogP contribution is -2.32. The second-order valence-electron chi connectivity index (χ2n) is 6.34. The van der Waals surface area contributed by atoms with Crippen LogP contribution in [0.15, 0.2) is 23.0 Å². The van der Waals surface area contributed by atoms with Gasteiger partial charge in [0, 0.05) is 18.7 Å². The molecule has 0 saturated carbocycles. The van der Waals surface area contributed by atoms with Crippen LogP contribution < -0.4 is 10.9 Å². The summed E-state index contributed by atoms with van der Waals surface area (Å²) in [7, 11) is 0. The zero-order valence-corrected chi connectivity index (χ0v) is 14.3. The molecule has 0 amide bonds. The van der Waals surface area contributed by atoms with Gasteiger partial charge in [0.15, 0.2) is 0 Å². The maximum absolute atomic E-state index is 12.2. The van der Waals surface area contributed by atoms with E-state index in [4.69, 9.17) is 4.74 Å². The lowest BCUT2D eigenvalue weighted by molar-refractivity contribution is 0.00629. The first-order valence-electron chi connectivity index (χ1n) is 8.00. The summed E-state index contributed by atoms with van der Waals surface area (Å²) in [5.74, 6) is 0. The number of benzene rings is 1. The van der Waals surface area contributed by atoms with Gasteiger partial charge < -0.3 is 20.1 Å². The molecule has 1 atom stereocenters. The van der Waals surface area contributed by atoms with Gasteiger partial charge in [0.05, 0.1) is 24.3 Å². The van der Waals surface area contributed by atoms with Crippen LogP contribution in [-0.4, -0.2) is 35.5 Å². The number of aliphatic hydroxyl groups excluding tert-OH is 1. The Morgan fingerprint density at radius 2 is 2.00 bits per heavy atom. The standard InChI is InChI=1S/C18H26N2O3/c1-11(2)23-10-16(21)9-19-8-15-7-14-6-12(3)5-13(4)17(14)20-18(15)22/h5-7,11,16,19,21H,8-10H2,1-4H3,(H,20,22)/t16-/m0/s1. The zero-order valence-electron chi connectivity index (χ0n) is 14.3. The minimum Gasteiger partial charge on any atom is -0.389 e. The van der Waals surface area contributed by atoms with Crippen molar-refractivity contribution >= 4 is 10.9 Å². The minimum atomic E-state index is -0.582. The quantitative estimate of drug-likeness (QED) is 0.730. The van der Waals surface area contributed by atoms with E-state index in [0.717, 1.165) is 16.5 Å². The molecule has 0 spiro atoms. The number of aliphatic hydroxyl groups is 1. The van der Waals surface area contributed by atoms with E-state index in [0.29, 0.717) is 18.7 Å². The number of rotatable bonds is 7. The van der Waals surface area contributed by atoms with Gasteiger partial charge in [-0.05, 0) is 50.8 Å². The van der Waals surface area contributed by atoms with Crippen molar-refractivity contribution in [3.05, 3.63) is 45.2 Å². The molecule has 0 aliphatic rings. The number of H-pyrrole nitrogens is 1. The summed E-state index contributed by atoms with van der Waals surface area (Å²) >= 11 is 0. The number of ether oxygens (including phenoxy) is 1. The van der Waals surface area contributed by atoms with Gasteiger partial charge in [-0.2, -0.15) is 0 Å². The highest BCUT2D eigenvalue weighted by molar-refractivity contribution is 5.82. The average Bonchev–Trinajstić information content (AvgIpc) is 2.46. The largest absolute Gasteiger partial charge is 0.389 e. The first kappa shape index (κ1) is 17.7. The predicted octanol–water partition coefficient (Wildman–Crippen LogP) is 2.02. The Morgan fingerprint density at radius 1 is 1.26 bits per heavy atom. The van der Waals surface area contributed by atoms with E-state index in [2.05, 4.69) is 22.4 Å². The van der Waals surface area contributed by atoms with Crippen molar-refractivity contribution in [2.45, 2.75) is 46.4 Å². The lowest BCUT2D eigenvalue weighted by atomic mass is 10.1. The topological polar surface area (TPSA) is 74.4 Å². The van der Waals surface area contributed by atoms with Gasteiger partial charge in [-0.15, -0.1) is 0 Å². The van der Waals surface area contributed by atoms with Crippen molar-refractivity contribution in [2.24, 2.45) is 0 Å². The molecule has 0 saturated heterocycles. The van der Waals surface area contributed by atoms with Gasteiger partial charge in [0.2, 0.25) is 0 Å². The van der Waals surface area contributed by atoms with E-state index in [1.165, 1.54) is 5.56 Å². The van der Waals surface area contributed by atoms with Gasteiger partial charge >= 0.3 is 0 Å². The molecule has 5 heteroatoms. The first-order chi connectivity index (χ1) is 10.9. The Labute approximate surface area is 136 Å². The Morgan fingerprint density at radius 3 is 2.70 bits per heavy atom. The fraction of sp³-hybridized carbons (Fsp3) is 0.500. The second kappa shape index (κ2) is 7.73. The molecule has 2 rings (SSSR count). The van der Waals surface area contributed by atoms with Crippen LogP contribution in [0.25, 0.3) is 10.9 Å². The van der Waals surface area contributed by atoms with Crippen molar-refractivity contribution in [1.29, 1.82) is 0 Å². The molecule has 0 fully saturated rings. The SMILES string of the molecule is Cc1cc(C)c2[nH]c(=O)c(CNC[C@H](O)COC(C)C)cc2c1. The molecule has 0 unspecified atom stereocenters. The Bertz CT molecular complexity index is 722. The maximum atomic E-state index is 12.2. The predicted molar refractivity (Wildman–Crippen MR) is 92.8 cm³/mol. The van der Waals surface area contributed by atoms with Crippen LogP contribution in [-0.2, 0) is 11.3 Å². The highest BCUT2D eigenvalue weighted by atomic mass is 16.5. The Balaban J connectivity index is 2.03. The number of nitrogens with one attached hydrogen (secondary N) is 2. The summed E-state index contributed by atoms with van der Waals surface area (Å²) in [5, 5.41) is 14.0. The number of aromatic amines is 1. The molecule has 3 N–H and O–H groups in total. The van der Waals surface area contributed by atoms with Gasteiger partial charge in [-0.3, -0.25) is 4.79 Å². The summed E-state index contributed by atoms with van der Waals surface area (Å²) in [6, 6.07) is 6.03. The third-order valence-corrected chi connectivity index (χ3v) is 3.69. The van der Waals surface area contributed by atoms with Crippen LogP contribution in [0.3, 0.4) is 0 Å². The molecular weight excluding hydrogens is 292 g/mol. The summed E-state index contributed by atoms with van der Waals surface area (Å²) in [4.78, 5) is 15.1. The summed E-state index contributed by atoms with van der Waals surface area (Å²) < 4.78 is 5.36. The van der Waals surface area contributed by atoms with Gasteiger partial charge in [-0.25, -0.2) is 0 Å². The molecule has 23 heavy (non-hydrogen) atoms. The van der Waals surface area contributed by atoms with Crippen LogP contribution in [0.4, 0.5) is 0 Å². The minimum absolute atomic E-state index is 0.0927. The second-order valence-corrected chi connectivity index (χ2v) is 6.34. The van der Waals surface area contributed by atoms with Crippen molar-refractivity contribution in [3.63, 3.8) is 0 Å². The number of aryl methyl sites for hydroxylation is 2.